The summed E-state index contributed by atoms with van der Waals surface area (Å²) in [6.07, 6.45) is 3.28. The van der Waals surface area contributed by atoms with E-state index in [2.05, 4.69) is 15.0 Å². The number of sulfonamides is 1. The second-order valence-corrected chi connectivity index (χ2v) is 8.74. The molecular formula is C21H22N4O7S. The lowest BCUT2D eigenvalue weighted by Crippen LogP contribution is -2.17. The van der Waals surface area contributed by atoms with Crippen LogP contribution in [0.1, 0.15) is 16.7 Å². The molecule has 2 heterocycles. The van der Waals surface area contributed by atoms with Crippen LogP contribution in [0.3, 0.4) is 0 Å². The number of methoxy groups -OCH3 is 2. The molecule has 0 spiro atoms. The molecule has 0 unspecified atom stereocenters. The first-order valence-electron chi connectivity index (χ1n) is 9.78. The largest absolute Gasteiger partial charge is 0.496 e. The van der Waals surface area contributed by atoms with E-state index in [4.69, 9.17) is 14.0 Å². The molecule has 0 aliphatic carbocycles. The highest BCUT2D eigenvalue weighted by Crippen LogP contribution is 2.36. The highest BCUT2D eigenvalue weighted by Gasteiger charge is 2.27. The van der Waals surface area contributed by atoms with E-state index >= 15 is 0 Å². The van der Waals surface area contributed by atoms with Gasteiger partial charge in [0.1, 0.15) is 21.8 Å². The van der Waals surface area contributed by atoms with E-state index in [1.54, 1.807) is 35.3 Å². The fourth-order valence-corrected chi connectivity index (χ4v) is 4.89. The normalized spacial score (nSPS) is 11.6. The summed E-state index contributed by atoms with van der Waals surface area (Å²) in [6, 6.07) is 7.98. The Morgan fingerprint density at radius 3 is 2.55 bits per heavy atom. The van der Waals surface area contributed by atoms with Crippen molar-refractivity contribution in [3.63, 3.8) is 0 Å². The van der Waals surface area contributed by atoms with Gasteiger partial charge in [0.15, 0.2) is 11.4 Å². The van der Waals surface area contributed by atoms with Crippen LogP contribution in [-0.2, 0) is 29.8 Å². The predicted molar refractivity (Wildman–Crippen MR) is 118 cm³/mol. The molecule has 0 saturated carbocycles. The van der Waals surface area contributed by atoms with Crippen LogP contribution in [0, 0.1) is 0 Å². The summed E-state index contributed by atoms with van der Waals surface area (Å²) in [5.74, 6) is 0.362. The Morgan fingerprint density at radius 1 is 1.09 bits per heavy atom. The first kappa shape index (κ1) is 22.6. The Kier molecular flexibility index (Phi) is 6.22. The minimum Gasteiger partial charge on any atom is -0.496 e. The number of fused-ring (bicyclic) bond motifs is 1. The summed E-state index contributed by atoms with van der Waals surface area (Å²) in [5, 5.41) is 27.2. The second-order valence-electron chi connectivity index (χ2n) is 7.12. The summed E-state index contributed by atoms with van der Waals surface area (Å²) in [6.45, 7) is -0.238. The molecular weight excluding hydrogens is 452 g/mol. The average molecular weight is 474 g/mol. The van der Waals surface area contributed by atoms with Gasteiger partial charge in [-0.2, -0.15) is 5.10 Å². The monoisotopic (exact) mass is 474 g/mol. The molecule has 0 aliphatic rings. The Bertz CT molecular complexity index is 1370. The third-order valence-corrected chi connectivity index (χ3v) is 6.45. The van der Waals surface area contributed by atoms with Gasteiger partial charge in [0.05, 0.1) is 40.2 Å². The zero-order valence-electron chi connectivity index (χ0n) is 17.8. The van der Waals surface area contributed by atoms with Crippen molar-refractivity contribution in [2.24, 2.45) is 0 Å². The number of ether oxygens (including phenoxy) is 2. The number of aliphatic hydroxyl groups excluding tert-OH is 2. The fourth-order valence-electron chi connectivity index (χ4n) is 3.50. The van der Waals surface area contributed by atoms with E-state index in [0.717, 1.165) is 5.56 Å². The highest BCUT2D eigenvalue weighted by atomic mass is 32.2. The lowest BCUT2D eigenvalue weighted by atomic mass is 10.1. The van der Waals surface area contributed by atoms with Gasteiger partial charge in [-0.1, -0.05) is 17.3 Å². The molecule has 0 aliphatic heterocycles. The van der Waals surface area contributed by atoms with Crippen LogP contribution < -0.4 is 14.2 Å². The van der Waals surface area contributed by atoms with E-state index in [1.165, 1.54) is 26.4 Å². The molecule has 0 saturated heterocycles. The lowest BCUT2D eigenvalue weighted by molar-refractivity contribution is 0.276. The molecule has 0 radical (unpaired) electrons. The van der Waals surface area contributed by atoms with Gasteiger partial charge in [-0.05, 0) is 23.8 Å². The maximum absolute atomic E-state index is 13.2. The van der Waals surface area contributed by atoms with Crippen molar-refractivity contribution >= 4 is 26.8 Å². The molecule has 0 atom stereocenters. The van der Waals surface area contributed by atoms with Crippen molar-refractivity contribution < 1.29 is 32.6 Å². The lowest BCUT2D eigenvalue weighted by Gasteiger charge is -2.14. The number of hydrogen-bond donors (Lipinski definition) is 3. The number of aliphatic hydroxyl groups is 2. The van der Waals surface area contributed by atoms with Crippen molar-refractivity contribution in [1.29, 1.82) is 0 Å². The Balaban J connectivity index is 1.72. The van der Waals surface area contributed by atoms with Gasteiger partial charge in [-0.15, -0.1) is 0 Å². The van der Waals surface area contributed by atoms with Crippen molar-refractivity contribution in [3.05, 3.63) is 59.4 Å². The van der Waals surface area contributed by atoms with Gasteiger partial charge in [0.2, 0.25) is 0 Å². The van der Waals surface area contributed by atoms with Crippen LogP contribution in [0.4, 0.5) is 5.82 Å². The number of hydrogen-bond acceptors (Lipinski definition) is 9. The quantitative estimate of drug-likeness (QED) is 0.330. The van der Waals surface area contributed by atoms with Crippen molar-refractivity contribution in [3.8, 4) is 11.5 Å². The third kappa shape index (κ3) is 4.35. The zero-order valence-corrected chi connectivity index (χ0v) is 18.7. The van der Waals surface area contributed by atoms with Crippen LogP contribution in [0.2, 0.25) is 0 Å². The molecule has 4 rings (SSSR count). The van der Waals surface area contributed by atoms with Crippen LogP contribution in [0.25, 0.3) is 11.0 Å². The number of rotatable bonds is 9. The molecule has 0 fully saturated rings. The second kappa shape index (κ2) is 9.10. The molecule has 2 aromatic carbocycles. The first-order valence-corrected chi connectivity index (χ1v) is 11.3. The maximum Gasteiger partial charge on any atom is 0.267 e. The Labute approximate surface area is 189 Å². The van der Waals surface area contributed by atoms with Crippen LogP contribution in [-0.4, -0.2) is 47.8 Å². The number of nitrogens with zero attached hydrogens (tertiary/aromatic N) is 3. The SMILES string of the molecule is COc1cccc(CO)c1S(=O)(=O)Nc1noc2cc(Cn3cc(CO)cn3)cc(OC)c12. The van der Waals surface area contributed by atoms with E-state index in [0.29, 0.717) is 28.8 Å². The maximum atomic E-state index is 13.2. The summed E-state index contributed by atoms with van der Waals surface area (Å²) in [5.41, 5.74) is 1.92. The molecule has 33 heavy (non-hydrogen) atoms. The van der Waals surface area contributed by atoms with E-state index < -0.39 is 16.6 Å². The van der Waals surface area contributed by atoms with E-state index in [1.807, 2.05) is 0 Å². The molecule has 174 valence electrons. The van der Waals surface area contributed by atoms with Crippen LogP contribution in [0.15, 0.2) is 52.1 Å². The number of nitrogens with one attached hydrogen (secondary N) is 1. The molecule has 0 bridgehead atoms. The average Bonchev–Trinajstić information content (AvgIpc) is 3.44. The number of aromatic nitrogens is 3. The van der Waals surface area contributed by atoms with Gasteiger partial charge in [-0.25, -0.2) is 8.42 Å². The highest BCUT2D eigenvalue weighted by molar-refractivity contribution is 7.92. The molecule has 0 amide bonds. The van der Waals surface area contributed by atoms with Crippen LogP contribution >= 0.6 is 0 Å². The van der Waals surface area contributed by atoms with Crippen LogP contribution in [0.5, 0.6) is 11.5 Å². The standard InChI is InChI=1S/C21H22N4O7S/c1-30-16-5-3-4-15(12-27)20(16)33(28,29)24-21-19-17(31-2)6-13(7-18(19)32-23-21)9-25-10-14(11-26)8-22-25/h3-8,10,26-27H,9,11-12H2,1-2H3,(H,23,24). The minimum atomic E-state index is -4.19. The Hall–Kier alpha value is -3.61. The fraction of sp³-hybridized carbons (Fsp3) is 0.238. The summed E-state index contributed by atoms with van der Waals surface area (Å²) in [7, 11) is -1.40. The third-order valence-electron chi connectivity index (χ3n) is 4.98. The van der Waals surface area contributed by atoms with Crippen molar-refractivity contribution in [1.82, 2.24) is 14.9 Å². The first-order chi connectivity index (χ1) is 15.9. The van der Waals surface area contributed by atoms with Crippen molar-refractivity contribution in [2.45, 2.75) is 24.7 Å². The molecule has 4 aromatic rings. The number of benzene rings is 2. The molecule has 11 nitrogen and oxygen atoms in total. The summed E-state index contributed by atoms with van der Waals surface area (Å²) < 4.78 is 46.5. The van der Waals surface area contributed by atoms with Gasteiger partial charge in [0, 0.05) is 17.3 Å². The topological polar surface area (TPSA) is 149 Å². The predicted octanol–water partition coefficient (Wildman–Crippen LogP) is 1.88. The smallest absolute Gasteiger partial charge is 0.267 e. The van der Waals surface area contributed by atoms with Crippen molar-refractivity contribution in [2.75, 3.05) is 18.9 Å². The van der Waals surface area contributed by atoms with Gasteiger partial charge >= 0.3 is 0 Å². The summed E-state index contributed by atoms with van der Waals surface area (Å²) in [4.78, 5) is -0.194. The van der Waals surface area contributed by atoms with Gasteiger partial charge in [-0.3, -0.25) is 9.40 Å². The Morgan fingerprint density at radius 2 is 1.88 bits per heavy atom. The molecule has 3 N–H and O–H groups in total. The van der Waals surface area contributed by atoms with Gasteiger partial charge in [0.25, 0.3) is 10.0 Å². The van der Waals surface area contributed by atoms with E-state index in [-0.39, 0.29) is 28.6 Å². The van der Waals surface area contributed by atoms with Gasteiger partial charge < -0.3 is 24.2 Å². The molecule has 12 heteroatoms. The number of anilines is 1. The zero-order chi connectivity index (χ0) is 23.6. The molecule has 2 aromatic heterocycles. The minimum absolute atomic E-state index is 0.0650. The summed E-state index contributed by atoms with van der Waals surface area (Å²) >= 11 is 0. The van der Waals surface area contributed by atoms with E-state index in [9.17, 15) is 18.6 Å².